The third-order valence-electron chi connectivity index (χ3n) is 4.31. The Kier molecular flexibility index (Phi) is 4.99. The van der Waals surface area contributed by atoms with Crippen LogP contribution in [-0.2, 0) is 20.7 Å². The summed E-state index contributed by atoms with van der Waals surface area (Å²) in [5.74, 6) is -0.128. The van der Waals surface area contributed by atoms with Crippen molar-refractivity contribution >= 4 is 23.4 Å². The second kappa shape index (κ2) is 7.04. The monoisotopic (exact) mass is 346 g/mol. The summed E-state index contributed by atoms with van der Waals surface area (Å²) >= 11 is 0. The first-order valence-corrected chi connectivity index (χ1v) is 8.89. The van der Waals surface area contributed by atoms with Gasteiger partial charge in [-0.05, 0) is 64.2 Å². The molecule has 1 aromatic carbocycles. The number of hydrogen-bond donors (Lipinski definition) is 1. The quantitative estimate of drug-likeness (QED) is 0.890. The molecule has 2 aliphatic rings. The van der Waals surface area contributed by atoms with E-state index in [2.05, 4.69) is 5.32 Å². The largest absolute Gasteiger partial charge is 0.443 e. The molecule has 0 radical (unpaired) electrons. The molecule has 0 aromatic heterocycles. The van der Waals surface area contributed by atoms with Crippen molar-refractivity contribution in [3.8, 4) is 0 Å². The highest BCUT2D eigenvalue weighted by molar-refractivity contribution is 5.96. The second-order valence-corrected chi connectivity index (χ2v) is 7.57. The van der Waals surface area contributed by atoms with Crippen molar-refractivity contribution in [2.45, 2.75) is 58.2 Å². The van der Waals surface area contributed by atoms with Gasteiger partial charge in [-0.3, -0.25) is 9.69 Å². The molecule has 6 nitrogen and oxygen atoms in total. The maximum Gasteiger partial charge on any atom is 0.414 e. The van der Waals surface area contributed by atoms with Crippen molar-refractivity contribution in [3.05, 3.63) is 23.8 Å². The van der Waals surface area contributed by atoms with E-state index >= 15 is 0 Å². The van der Waals surface area contributed by atoms with E-state index in [1.807, 2.05) is 39.0 Å². The van der Waals surface area contributed by atoms with E-state index in [1.165, 1.54) is 0 Å². The minimum Gasteiger partial charge on any atom is -0.443 e. The lowest BCUT2D eigenvalue weighted by Gasteiger charge is -2.32. The number of aryl methyl sites for hydroxylation is 1. The predicted molar refractivity (Wildman–Crippen MR) is 95.9 cm³/mol. The van der Waals surface area contributed by atoms with E-state index in [9.17, 15) is 9.59 Å². The Morgan fingerprint density at radius 2 is 2.08 bits per heavy atom. The summed E-state index contributed by atoms with van der Waals surface area (Å²) in [6.07, 6.45) is 2.74. The molecule has 2 amide bonds. The highest BCUT2D eigenvalue weighted by Crippen LogP contribution is 2.31. The van der Waals surface area contributed by atoms with E-state index in [0.717, 1.165) is 36.9 Å². The van der Waals surface area contributed by atoms with Crippen molar-refractivity contribution in [2.75, 3.05) is 23.4 Å². The highest BCUT2D eigenvalue weighted by atomic mass is 16.6. The number of ether oxygens (including phenoxy) is 2. The zero-order valence-corrected chi connectivity index (χ0v) is 15.1. The number of nitrogens with one attached hydrogen (secondary N) is 1. The normalized spacial score (nSPS) is 20.1. The van der Waals surface area contributed by atoms with Crippen LogP contribution in [0.5, 0.6) is 0 Å². The van der Waals surface area contributed by atoms with Gasteiger partial charge in [0.2, 0.25) is 0 Å². The Labute approximate surface area is 148 Å². The van der Waals surface area contributed by atoms with Gasteiger partial charge in [0.25, 0.3) is 5.91 Å². The molecule has 136 valence electrons. The second-order valence-electron chi connectivity index (χ2n) is 7.57. The summed E-state index contributed by atoms with van der Waals surface area (Å²) < 4.78 is 10.9. The molecule has 1 atom stereocenters. The average molecular weight is 346 g/mol. The Hall–Kier alpha value is -2.08. The fourth-order valence-corrected chi connectivity index (χ4v) is 3.17. The standard InChI is InChI=1S/C19H26N2O4/c1-19(2,3)25-18(23)21-10-4-6-13-8-9-14(12-15(13)21)20-17(22)16-7-5-11-24-16/h8-9,12,16H,4-7,10-11H2,1-3H3,(H,20,22)/t16-/m1/s1. The summed E-state index contributed by atoms with van der Waals surface area (Å²) in [6.45, 7) is 6.82. The molecule has 3 rings (SSSR count). The van der Waals surface area contributed by atoms with E-state index < -0.39 is 5.60 Å². The molecule has 2 heterocycles. The van der Waals surface area contributed by atoms with Crippen molar-refractivity contribution < 1.29 is 19.1 Å². The van der Waals surface area contributed by atoms with Crippen LogP contribution in [0.25, 0.3) is 0 Å². The zero-order valence-electron chi connectivity index (χ0n) is 15.1. The van der Waals surface area contributed by atoms with Gasteiger partial charge in [-0.2, -0.15) is 0 Å². The lowest BCUT2D eigenvalue weighted by Crippen LogP contribution is -2.39. The first-order valence-electron chi connectivity index (χ1n) is 8.89. The number of rotatable bonds is 2. The van der Waals surface area contributed by atoms with Crippen LogP contribution in [0.15, 0.2) is 18.2 Å². The number of fused-ring (bicyclic) bond motifs is 1. The van der Waals surface area contributed by atoms with Gasteiger partial charge in [0.05, 0.1) is 5.69 Å². The van der Waals surface area contributed by atoms with Crippen LogP contribution in [-0.4, -0.2) is 36.9 Å². The minimum absolute atomic E-state index is 0.128. The maximum absolute atomic E-state index is 12.5. The van der Waals surface area contributed by atoms with Crippen LogP contribution in [0.4, 0.5) is 16.2 Å². The molecular formula is C19H26N2O4. The van der Waals surface area contributed by atoms with Crippen molar-refractivity contribution in [3.63, 3.8) is 0 Å². The SMILES string of the molecule is CC(C)(C)OC(=O)N1CCCc2ccc(NC(=O)[C@H]3CCCO3)cc21. The van der Waals surface area contributed by atoms with Crippen LogP contribution in [0.1, 0.15) is 45.6 Å². The lowest BCUT2D eigenvalue weighted by atomic mass is 10.0. The third kappa shape index (κ3) is 4.31. The average Bonchev–Trinajstić information content (AvgIpc) is 3.07. The molecule has 1 saturated heterocycles. The molecule has 0 spiro atoms. The molecule has 6 heteroatoms. The van der Waals surface area contributed by atoms with Gasteiger partial charge in [0, 0.05) is 18.8 Å². The number of benzene rings is 1. The molecule has 1 N–H and O–H groups in total. The summed E-state index contributed by atoms with van der Waals surface area (Å²) in [5, 5.41) is 2.90. The zero-order chi connectivity index (χ0) is 18.0. The number of anilines is 2. The van der Waals surface area contributed by atoms with Gasteiger partial charge in [-0.15, -0.1) is 0 Å². The van der Waals surface area contributed by atoms with Crippen LogP contribution in [0.3, 0.4) is 0 Å². The van der Waals surface area contributed by atoms with E-state index in [1.54, 1.807) is 4.90 Å². The fourth-order valence-electron chi connectivity index (χ4n) is 3.17. The Morgan fingerprint density at radius 3 is 2.76 bits per heavy atom. The first-order chi connectivity index (χ1) is 11.8. The number of carbonyl (C=O) groups is 2. The van der Waals surface area contributed by atoms with Gasteiger partial charge in [0.15, 0.2) is 0 Å². The van der Waals surface area contributed by atoms with Crippen LogP contribution >= 0.6 is 0 Å². The van der Waals surface area contributed by atoms with Crippen molar-refractivity contribution in [1.29, 1.82) is 0 Å². The minimum atomic E-state index is -0.541. The van der Waals surface area contributed by atoms with Crippen molar-refractivity contribution in [2.24, 2.45) is 0 Å². The fraction of sp³-hybridized carbons (Fsp3) is 0.579. The van der Waals surface area contributed by atoms with Gasteiger partial charge >= 0.3 is 6.09 Å². The maximum atomic E-state index is 12.5. The summed E-state index contributed by atoms with van der Waals surface area (Å²) in [5.41, 5.74) is 2.04. The number of amides is 2. The van der Waals surface area contributed by atoms with Crippen LogP contribution in [0.2, 0.25) is 0 Å². The molecule has 25 heavy (non-hydrogen) atoms. The van der Waals surface area contributed by atoms with Gasteiger partial charge < -0.3 is 14.8 Å². The van der Waals surface area contributed by atoms with E-state index in [-0.39, 0.29) is 18.1 Å². The molecule has 0 aliphatic carbocycles. The number of carbonyl (C=O) groups excluding carboxylic acids is 2. The summed E-state index contributed by atoms with van der Waals surface area (Å²) in [7, 11) is 0. The predicted octanol–water partition coefficient (Wildman–Crippen LogP) is 3.49. The molecule has 0 bridgehead atoms. The van der Waals surface area contributed by atoms with Gasteiger partial charge in [-0.25, -0.2) is 4.79 Å². The lowest BCUT2D eigenvalue weighted by molar-refractivity contribution is -0.124. The Balaban J connectivity index is 1.77. The Morgan fingerprint density at radius 1 is 1.28 bits per heavy atom. The Bertz CT molecular complexity index is 660. The molecule has 0 unspecified atom stereocenters. The number of hydrogen-bond acceptors (Lipinski definition) is 4. The number of nitrogens with zero attached hydrogens (tertiary/aromatic N) is 1. The molecule has 0 saturated carbocycles. The van der Waals surface area contributed by atoms with E-state index in [4.69, 9.17) is 9.47 Å². The topological polar surface area (TPSA) is 67.9 Å². The third-order valence-corrected chi connectivity index (χ3v) is 4.31. The molecule has 1 aromatic rings. The first kappa shape index (κ1) is 17.7. The van der Waals surface area contributed by atoms with Crippen molar-refractivity contribution in [1.82, 2.24) is 0 Å². The van der Waals surface area contributed by atoms with Gasteiger partial charge in [0.1, 0.15) is 11.7 Å². The highest BCUT2D eigenvalue weighted by Gasteiger charge is 2.28. The molecule has 2 aliphatic heterocycles. The summed E-state index contributed by atoms with van der Waals surface area (Å²) in [6, 6.07) is 5.70. The van der Waals surface area contributed by atoms with Gasteiger partial charge in [-0.1, -0.05) is 6.07 Å². The van der Waals surface area contributed by atoms with E-state index in [0.29, 0.717) is 18.8 Å². The van der Waals surface area contributed by atoms with Crippen LogP contribution in [0, 0.1) is 0 Å². The molecule has 1 fully saturated rings. The smallest absolute Gasteiger partial charge is 0.414 e. The van der Waals surface area contributed by atoms with Crippen LogP contribution < -0.4 is 10.2 Å². The summed E-state index contributed by atoms with van der Waals surface area (Å²) in [4.78, 5) is 26.4. The molecular weight excluding hydrogens is 320 g/mol.